The van der Waals surface area contributed by atoms with E-state index in [2.05, 4.69) is 29.4 Å². The number of fused-ring (bicyclic) bond motifs is 2. The maximum Gasteiger partial charge on any atom is 0.255 e. The highest BCUT2D eigenvalue weighted by Crippen LogP contribution is 2.49. The molecule has 1 aliphatic rings. The number of amides is 1. The normalized spacial score (nSPS) is 15.2. The number of allylic oxidation sites excluding steroid dienone is 1. The summed E-state index contributed by atoms with van der Waals surface area (Å²) in [4.78, 5) is 17.2. The van der Waals surface area contributed by atoms with E-state index in [9.17, 15) is 4.79 Å². The van der Waals surface area contributed by atoms with Crippen molar-refractivity contribution in [2.75, 3.05) is 12.4 Å². The molecule has 2 N–H and O–H groups in total. The van der Waals surface area contributed by atoms with E-state index in [-0.39, 0.29) is 11.8 Å². The van der Waals surface area contributed by atoms with Gasteiger partial charge in [-0.15, -0.1) is 0 Å². The van der Waals surface area contributed by atoms with Gasteiger partial charge in [-0.3, -0.25) is 4.79 Å². The second kappa shape index (κ2) is 8.17. The Bertz CT molecular complexity index is 1410. The highest BCUT2D eigenvalue weighted by Gasteiger charge is 2.37. The number of benzene rings is 3. The number of anilines is 1. The number of para-hydroxylation sites is 3. The lowest BCUT2D eigenvalue weighted by Crippen LogP contribution is -2.26. The first-order valence-electron chi connectivity index (χ1n) is 11.0. The van der Waals surface area contributed by atoms with Gasteiger partial charge in [-0.25, -0.2) is 0 Å². The van der Waals surface area contributed by atoms with Crippen LogP contribution in [0.3, 0.4) is 0 Å². The molecule has 5 heteroatoms. The van der Waals surface area contributed by atoms with E-state index in [1.165, 1.54) is 0 Å². The number of ether oxygens (including phenoxy) is 2. The van der Waals surface area contributed by atoms with Gasteiger partial charge in [0, 0.05) is 33.8 Å². The Kier molecular flexibility index (Phi) is 5.17. The number of carbonyl (C=O) groups excluding carboxylic acids is 1. The van der Waals surface area contributed by atoms with Gasteiger partial charge in [-0.05, 0) is 50.1 Å². The Morgan fingerprint density at radius 3 is 2.52 bits per heavy atom. The Morgan fingerprint density at radius 1 is 0.970 bits per heavy atom. The summed E-state index contributed by atoms with van der Waals surface area (Å²) in [5.41, 5.74) is 6.41. The largest absolute Gasteiger partial charge is 0.493 e. The number of aryl methyl sites for hydroxylation is 2. The van der Waals surface area contributed by atoms with Crippen molar-refractivity contribution in [3.8, 4) is 11.5 Å². The zero-order chi connectivity index (χ0) is 23.1. The van der Waals surface area contributed by atoms with Crippen molar-refractivity contribution >= 4 is 22.5 Å². The second-order valence-electron chi connectivity index (χ2n) is 8.36. The van der Waals surface area contributed by atoms with Crippen LogP contribution in [0.5, 0.6) is 11.5 Å². The molecule has 0 saturated heterocycles. The Labute approximate surface area is 193 Å². The lowest BCUT2D eigenvalue weighted by Gasteiger charge is -2.30. The van der Waals surface area contributed by atoms with Gasteiger partial charge in [-0.1, -0.05) is 48.5 Å². The first kappa shape index (κ1) is 20.9. The number of rotatable bonds is 4. The molecule has 1 aliphatic heterocycles. The molecular weight excluding hydrogens is 412 g/mol. The summed E-state index contributed by atoms with van der Waals surface area (Å²) in [5, 5.41) is 4.20. The molecular formula is C28H26N2O3. The molecule has 2 heterocycles. The number of carbonyl (C=O) groups is 1. The molecule has 0 fully saturated rings. The predicted molar refractivity (Wildman–Crippen MR) is 131 cm³/mol. The summed E-state index contributed by atoms with van der Waals surface area (Å²) in [6.07, 6.45) is 0. The quantitative estimate of drug-likeness (QED) is 0.397. The van der Waals surface area contributed by atoms with Crippen LogP contribution in [0.15, 0.2) is 78.1 Å². The summed E-state index contributed by atoms with van der Waals surface area (Å²) in [5.74, 6) is 1.37. The highest BCUT2D eigenvalue weighted by atomic mass is 16.5. The number of hydrogen-bond acceptors (Lipinski definition) is 3. The fourth-order valence-corrected chi connectivity index (χ4v) is 4.76. The molecule has 166 valence electrons. The number of aromatic nitrogens is 1. The zero-order valence-electron chi connectivity index (χ0n) is 19.2. The van der Waals surface area contributed by atoms with Crippen molar-refractivity contribution in [2.24, 2.45) is 0 Å². The van der Waals surface area contributed by atoms with Gasteiger partial charge in [0.15, 0.2) is 11.5 Å². The van der Waals surface area contributed by atoms with Gasteiger partial charge in [0.1, 0.15) is 5.76 Å². The SMILES string of the molecule is COc1cccc2c1OC(C)=C(C(=O)Nc1ccccc1C)C2c1c(C)[nH]c2ccccc12. The van der Waals surface area contributed by atoms with Gasteiger partial charge in [0.25, 0.3) is 5.91 Å². The van der Waals surface area contributed by atoms with Crippen LogP contribution >= 0.6 is 0 Å². The molecule has 0 bridgehead atoms. The van der Waals surface area contributed by atoms with E-state index in [0.29, 0.717) is 22.8 Å². The van der Waals surface area contributed by atoms with E-state index in [1.54, 1.807) is 7.11 Å². The van der Waals surface area contributed by atoms with Crippen LogP contribution in [0.1, 0.15) is 35.2 Å². The fourth-order valence-electron chi connectivity index (χ4n) is 4.76. The minimum Gasteiger partial charge on any atom is -0.493 e. The number of H-pyrrole nitrogens is 1. The molecule has 0 aliphatic carbocycles. The molecule has 0 radical (unpaired) electrons. The van der Waals surface area contributed by atoms with Gasteiger partial charge < -0.3 is 19.8 Å². The third-order valence-electron chi connectivity index (χ3n) is 6.33. The predicted octanol–water partition coefficient (Wildman–Crippen LogP) is 6.23. The number of aromatic amines is 1. The van der Waals surface area contributed by atoms with E-state index < -0.39 is 0 Å². The smallest absolute Gasteiger partial charge is 0.255 e. The summed E-state index contributed by atoms with van der Waals surface area (Å²) >= 11 is 0. The van der Waals surface area contributed by atoms with Gasteiger partial charge >= 0.3 is 0 Å². The van der Waals surface area contributed by atoms with Crippen molar-refractivity contribution in [3.05, 3.63) is 100 Å². The number of methoxy groups -OCH3 is 1. The van der Waals surface area contributed by atoms with E-state index in [0.717, 1.165) is 39.0 Å². The topological polar surface area (TPSA) is 63.4 Å². The van der Waals surface area contributed by atoms with Crippen LogP contribution in [0.25, 0.3) is 10.9 Å². The fraction of sp³-hybridized carbons (Fsp3) is 0.179. The molecule has 5 nitrogen and oxygen atoms in total. The van der Waals surface area contributed by atoms with Crippen LogP contribution in [-0.4, -0.2) is 18.0 Å². The van der Waals surface area contributed by atoms with Crippen molar-refractivity contribution in [1.82, 2.24) is 4.98 Å². The molecule has 1 amide bonds. The lowest BCUT2D eigenvalue weighted by molar-refractivity contribution is -0.113. The lowest BCUT2D eigenvalue weighted by atomic mass is 9.80. The third-order valence-corrected chi connectivity index (χ3v) is 6.33. The highest BCUT2D eigenvalue weighted by molar-refractivity contribution is 6.07. The second-order valence-corrected chi connectivity index (χ2v) is 8.36. The molecule has 1 unspecified atom stereocenters. The molecule has 0 saturated carbocycles. The molecule has 3 aromatic carbocycles. The Balaban J connectivity index is 1.72. The number of nitrogens with one attached hydrogen (secondary N) is 2. The van der Waals surface area contributed by atoms with E-state index in [1.807, 2.05) is 68.4 Å². The van der Waals surface area contributed by atoms with Gasteiger partial charge in [-0.2, -0.15) is 0 Å². The zero-order valence-corrected chi connectivity index (χ0v) is 19.2. The van der Waals surface area contributed by atoms with Crippen molar-refractivity contribution in [3.63, 3.8) is 0 Å². The van der Waals surface area contributed by atoms with E-state index in [4.69, 9.17) is 9.47 Å². The number of hydrogen-bond donors (Lipinski definition) is 2. The van der Waals surface area contributed by atoms with Crippen LogP contribution in [0.2, 0.25) is 0 Å². The minimum atomic E-state index is -0.316. The summed E-state index contributed by atoms with van der Waals surface area (Å²) in [7, 11) is 1.63. The molecule has 33 heavy (non-hydrogen) atoms. The summed E-state index contributed by atoms with van der Waals surface area (Å²) in [6, 6.07) is 21.8. The minimum absolute atomic E-state index is 0.176. The van der Waals surface area contributed by atoms with Crippen molar-refractivity contribution in [2.45, 2.75) is 26.7 Å². The van der Waals surface area contributed by atoms with Crippen molar-refractivity contribution < 1.29 is 14.3 Å². The van der Waals surface area contributed by atoms with E-state index >= 15 is 0 Å². The molecule has 1 aromatic heterocycles. The first-order valence-corrected chi connectivity index (χ1v) is 11.0. The standard InChI is InChI=1S/C28H26N2O3/c1-16-10-5-7-13-21(16)30-28(31)25-18(3)33-27-20(12-9-15-23(27)32-4)26(25)24-17(2)29-22-14-8-6-11-19(22)24/h5-15,26,29H,1-4H3,(H,30,31). The summed E-state index contributed by atoms with van der Waals surface area (Å²) in [6.45, 7) is 5.88. The Morgan fingerprint density at radius 2 is 1.73 bits per heavy atom. The van der Waals surface area contributed by atoms with Crippen LogP contribution in [0.4, 0.5) is 5.69 Å². The third kappa shape index (κ3) is 3.46. The average Bonchev–Trinajstić information content (AvgIpc) is 3.14. The van der Waals surface area contributed by atoms with Gasteiger partial charge in [0.2, 0.25) is 0 Å². The maximum atomic E-state index is 13.8. The van der Waals surface area contributed by atoms with Crippen LogP contribution < -0.4 is 14.8 Å². The maximum absolute atomic E-state index is 13.8. The van der Waals surface area contributed by atoms with Crippen molar-refractivity contribution in [1.29, 1.82) is 0 Å². The molecule has 0 spiro atoms. The molecule has 4 aromatic rings. The average molecular weight is 439 g/mol. The molecule has 5 rings (SSSR count). The van der Waals surface area contributed by atoms with Crippen LogP contribution in [-0.2, 0) is 4.79 Å². The van der Waals surface area contributed by atoms with Gasteiger partial charge in [0.05, 0.1) is 12.7 Å². The first-order chi connectivity index (χ1) is 16.0. The van der Waals surface area contributed by atoms with Crippen LogP contribution in [0, 0.1) is 13.8 Å². The summed E-state index contributed by atoms with van der Waals surface area (Å²) < 4.78 is 11.8. The monoisotopic (exact) mass is 438 g/mol. The molecule has 1 atom stereocenters. The Hall–Kier alpha value is -3.99.